The van der Waals surface area contributed by atoms with Gasteiger partial charge in [-0.2, -0.15) is 0 Å². The number of likely N-dealkylation sites (N-methyl/N-ethyl adjacent to an activating group) is 2. The number of fused-ring (bicyclic) bond motifs is 1. The molecule has 1 aromatic carbocycles. The Bertz CT molecular complexity index is 461. The number of nitrogens with one attached hydrogen (secondary N) is 1. The summed E-state index contributed by atoms with van der Waals surface area (Å²) in [6, 6.07) is 7.50. The van der Waals surface area contributed by atoms with E-state index in [9.17, 15) is 0 Å². The summed E-state index contributed by atoms with van der Waals surface area (Å²) in [5.41, 5.74) is 2.87. The van der Waals surface area contributed by atoms with Gasteiger partial charge in [-0.15, -0.1) is 0 Å². The fraction of sp³-hybridized carbons (Fsp3) is 0.667. The maximum atomic E-state index is 5.36. The Labute approximate surface area is 129 Å². The second-order valence-corrected chi connectivity index (χ2v) is 6.39. The Morgan fingerprint density at radius 2 is 2.19 bits per heavy atom. The molecule has 0 radical (unpaired) electrons. The normalized spacial score (nSPS) is 23.0. The van der Waals surface area contributed by atoms with Crippen LogP contribution in [0.1, 0.15) is 43.9 Å². The van der Waals surface area contributed by atoms with Gasteiger partial charge in [0.05, 0.1) is 7.11 Å². The van der Waals surface area contributed by atoms with Gasteiger partial charge in [-0.05, 0) is 56.1 Å². The third-order valence-electron chi connectivity index (χ3n) is 4.95. The van der Waals surface area contributed by atoms with Crippen molar-refractivity contribution in [3.05, 3.63) is 29.3 Å². The Morgan fingerprint density at radius 3 is 2.81 bits per heavy atom. The number of benzene rings is 1. The van der Waals surface area contributed by atoms with Crippen molar-refractivity contribution in [1.82, 2.24) is 10.2 Å². The van der Waals surface area contributed by atoms with Gasteiger partial charge in [0.15, 0.2) is 0 Å². The Balaban J connectivity index is 2.19. The highest BCUT2D eigenvalue weighted by Crippen LogP contribution is 2.34. The number of rotatable bonds is 6. The van der Waals surface area contributed by atoms with Gasteiger partial charge in [0.1, 0.15) is 5.75 Å². The molecule has 1 aromatic rings. The molecule has 0 bridgehead atoms. The van der Waals surface area contributed by atoms with E-state index in [0.29, 0.717) is 12.1 Å². The first kappa shape index (κ1) is 16.3. The van der Waals surface area contributed by atoms with Crippen LogP contribution in [0.15, 0.2) is 18.2 Å². The lowest BCUT2D eigenvalue weighted by Crippen LogP contribution is -2.46. The van der Waals surface area contributed by atoms with Gasteiger partial charge in [-0.1, -0.05) is 26.3 Å². The predicted molar refractivity (Wildman–Crippen MR) is 89.0 cm³/mol. The molecule has 3 unspecified atom stereocenters. The Hall–Kier alpha value is -1.06. The molecule has 1 aliphatic carbocycles. The zero-order chi connectivity index (χ0) is 15.4. The Kier molecular flexibility index (Phi) is 5.65. The van der Waals surface area contributed by atoms with Crippen molar-refractivity contribution in [3.8, 4) is 5.75 Å². The third-order valence-corrected chi connectivity index (χ3v) is 4.95. The van der Waals surface area contributed by atoms with Gasteiger partial charge >= 0.3 is 0 Å². The van der Waals surface area contributed by atoms with E-state index in [2.05, 4.69) is 56.4 Å². The standard InChI is InChI=1S/C18H30N2O/c1-6-13(2)12-20(4)17-10-7-14-11-15(21-5)8-9-16(14)18(17)19-3/h8-9,11,13,17-19H,6-7,10,12H2,1-5H3. The van der Waals surface area contributed by atoms with Gasteiger partial charge in [-0.3, -0.25) is 0 Å². The molecular formula is C18H30N2O. The van der Waals surface area contributed by atoms with Crippen molar-refractivity contribution in [2.45, 2.75) is 45.2 Å². The minimum Gasteiger partial charge on any atom is -0.497 e. The van der Waals surface area contributed by atoms with Crippen LogP contribution in [-0.2, 0) is 6.42 Å². The molecule has 3 atom stereocenters. The Morgan fingerprint density at radius 1 is 1.43 bits per heavy atom. The highest BCUT2D eigenvalue weighted by molar-refractivity contribution is 5.40. The number of hydrogen-bond donors (Lipinski definition) is 1. The highest BCUT2D eigenvalue weighted by Gasteiger charge is 2.31. The van der Waals surface area contributed by atoms with Crippen molar-refractivity contribution in [3.63, 3.8) is 0 Å². The molecular weight excluding hydrogens is 260 g/mol. The van der Waals surface area contributed by atoms with Crippen molar-refractivity contribution in [2.75, 3.05) is 27.7 Å². The molecule has 0 saturated carbocycles. The molecule has 118 valence electrons. The van der Waals surface area contributed by atoms with Gasteiger partial charge in [-0.25, -0.2) is 0 Å². The first-order chi connectivity index (χ1) is 10.1. The summed E-state index contributed by atoms with van der Waals surface area (Å²) in [4.78, 5) is 2.54. The number of methoxy groups -OCH3 is 1. The summed E-state index contributed by atoms with van der Waals surface area (Å²) >= 11 is 0. The van der Waals surface area contributed by atoms with Crippen molar-refractivity contribution < 1.29 is 4.74 Å². The number of nitrogens with zero attached hydrogens (tertiary/aromatic N) is 1. The molecule has 1 aliphatic rings. The van der Waals surface area contributed by atoms with Gasteiger partial charge in [0.25, 0.3) is 0 Å². The zero-order valence-corrected chi connectivity index (χ0v) is 14.1. The molecule has 0 aliphatic heterocycles. The molecule has 0 fully saturated rings. The fourth-order valence-corrected chi connectivity index (χ4v) is 3.49. The first-order valence-corrected chi connectivity index (χ1v) is 8.15. The molecule has 0 spiro atoms. The van der Waals surface area contributed by atoms with Crippen LogP contribution in [0.3, 0.4) is 0 Å². The molecule has 1 N–H and O–H groups in total. The third kappa shape index (κ3) is 3.58. The number of ether oxygens (including phenoxy) is 1. The van der Waals surface area contributed by atoms with E-state index in [4.69, 9.17) is 4.74 Å². The maximum absolute atomic E-state index is 5.36. The maximum Gasteiger partial charge on any atom is 0.119 e. The van der Waals surface area contributed by atoms with Gasteiger partial charge in [0, 0.05) is 18.6 Å². The minimum absolute atomic E-state index is 0.411. The van der Waals surface area contributed by atoms with Crippen LogP contribution in [0, 0.1) is 5.92 Å². The van der Waals surface area contributed by atoms with E-state index in [1.54, 1.807) is 7.11 Å². The summed E-state index contributed by atoms with van der Waals surface area (Å²) in [5, 5.41) is 3.54. The lowest BCUT2D eigenvalue weighted by Gasteiger charge is -2.40. The molecule has 0 amide bonds. The minimum atomic E-state index is 0.411. The van der Waals surface area contributed by atoms with Crippen LogP contribution in [0.2, 0.25) is 0 Å². The second-order valence-electron chi connectivity index (χ2n) is 6.39. The molecule has 3 heteroatoms. The average molecular weight is 290 g/mol. The number of hydrogen-bond acceptors (Lipinski definition) is 3. The topological polar surface area (TPSA) is 24.5 Å². The predicted octanol–water partition coefficient (Wildman–Crippen LogP) is 3.25. The van der Waals surface area contributed by atoms with E-state index in [-0.39, 0.29) is 0 Å². The smallest absolute Gasteiger partial charge is 0.119 e. The first-order valence-electron chi connectivity index (χ1n) is 8.15. The molecule has 0 saturated heterocycles. The fourth-order valence-electron chi connectivity index (χ4n) is 3.49. The van der Waals surface area contributed by atoms with Crippen LogP contribution in [0.5, 0.6) is 5.75 Å². The largest absolute Gasteiger partial charge is 0.497 e. The summed E-state index contributed by atoms with van der Waals surface area (Å²) in [6.07, 6.45) is 3.59. The van der Waals surface area contributed by atoms with E-state index >= 15 is 0 Å². The average Bonchev–Trinajstić information content (AvgIpc) is 2.52. The van der Waals surface area contributed by atoms with Crippen molar-refractivity contribution >= 4 is 0 Å². The van der Waals surface area contributed by atoms with Crippen LogP contribution in [0.4, 0.5) is 0 Å². The quantitative estimate of drug-likeness (QED) is 0.870. The number of aryl methyl sites for hydroxylation is 1. The molecule has 21 heavy (non-hydrogen) atoms. The lowest BCUT2D eigenvalue weighted by molar-refractivity contribution is 0.156. The highest BCUT2D eigenvalue weighted by atomic mass is 16.5. The summed E-state index contributed by atoms with van der Waals surface area (Å²) in [7, 11) is 6.09. The molecule has 3 nitrogen and oxygen atoms in total. The van der Waals surface area contributed by atoms with Crippen LogP contribution < -0.4 is 10.1 Å². The van der Waals surface area contributed by atoms with Gasteiger partial charge in [0.2, 0.25) is 0 Å². The van der Waals surface area contributed by atoms with Crippen LogP contribution in [-0.4, -0.2) is 38.7 Å². The van der Waals surface area contributed by atoms with Crippen molar-refractivity contribution in [2.24, 2.45) is 5.92 Å². The zero-order valence-electron chi connectivity index (χ0n) is 14.1. The summed E-state index contributed by atoms with van der Waals surface area (Å²) < 4.78 is 5.36. The summed E-state index contributed by atoms with van der Waals surface area (Å²) in [5.74, 6) is 1.72. The monoisotopic (exact) mass is 290 g/mol. The van der Waals surface area contributed by atoms with E-state index in [1.807, 2.05) is 0 Å². The van der Waals surface area contributed by atoms with E-state index in [0.717, 1.165) is 18.1 Å². The second kappa shape index (κ2) is 7.28. The SMILES string of the molecule is CCC(C)CN(C)C1CCc2cc(OC)ccc2C1NC. The lowest BCUT2D eigenvalue weighted by atomic mass is 9.83. The van der Waals surface area contributed by atoms with Crippen LogP contribution in [0.25, 0.3) is 0 Å². The van der Waals surface area contributed by atoms with E-state index < -0.39 is 0 Å². The van der Waals surface area contributed by atoms with Gasteiger partial charge < -0.3 is 15.0 Å². The van der Waals surface area contributed by atoms with E-state index in [1.165, 1.54) is 30.5 Å². The molecule has 0 heterocycles. The van der Waals surface area contributed by atoms with Crippen LogP contribution >= 0.6 is 0 Å². The summed E-state index contributed by atoms with van der Waals surface area (Å²) in [6.45, 7) is 5.79. The molecule has 0 aromatic heterocycles. The van der Waals surface area contributed by atoms with Crippen molar-refractivity contribution in [1.29, 1.82) is 0 Å². The molecule has 2 rings (SSSR count).